The van der Waals surface area contributed by atoms with E-state index in [0.29, 0.717) is 12.2 Å². The molecule has 0 aromatic heterocycles. The predicted octanol–water partition coefficient (Wildman–Crippen LogP) is 1.20. The van der Waals surface area contributed by atoms with E-state index in [0.717, 1.165) is 12.5 Å². The van der Waals surface area contributed by atoms with E-state index in [2.05, 4.69) is 0 Å². The Bertz CT molecular complexity index is 124. The topological polar surface area (TPSA) is 21.8 Å². The van der Waals surface area contributed by atoms with Crippen molar-refractivity contribution in [3.63, 3.8) is 0 Å². The lowest BCUT2D eigenvalue weighted by Gasteiger charge is -2.16. The van der Waals surface area contributed by atoms with Crippen LogP contribution in [0.15, 0.2) is 0 Å². The minimum Gasteiger partial charge on any atom is -0.384 e. The predicted molar refractivity (Wildman–Crippen MR) is 37.9 cm³/mol. The van der Waals surface area contributed by atoms with Gasteiger partial charge in [0.1, 0.15) is 0 Å². The SMILES string of the molecule is COCC1CCC2O[C@@H]2C1. The van der Waals surface area contributed by atoms with Crippen LogP contribution in [0, 0.1) is 5.92 Å². The maximum absolute atomic E-state index is 5.40. The third kappa shape index (κ3) is 1.18. The molecule has 0 spiro atoms. The van der Waals surface area contributed by atoms with Crippen LogP contribution in [-0.4, -0.2) is 25.9 Å². The standard InChI is InChI=1S/C8H14O2/c1-9-5-6-2-3-7-8(4-6)10-7/h6-8H,2-5H2,1H3/t6?,7?,8-/m1/s1. The molecule has 1 saturated carbocycles. The van der Waals surface area contributed by atoms with Crippen LogP contribution in [-0.2, 0) is 9.47 Å². The zero-order valence-corrected chi connectivity index (χ0v) is 6.38. The molecule has 3 atom stereocenters. The van der Waals surface area contributed by atoms with Crippen molar-refractivity contribution in [3.05, 3.63) is 0 Å². The summed E-state index contributed by atoms with van der Waals surface area (Å²) in [5.41, 5.74) is 0. The zero-order valence-electron chi connectivity index (χ0n) is 6.38. The van der Waals surface area contributed by atoms with E-state index < -0.39 is 0 Å². The second-order valence-corrected chi connectivity index (χ2v) is 3.35. The summed E-state index contributed by atoms with van der Waals surface area (Å²) in [6.45, 7) is 0.923. The van der Waals surface area contributed by atoms with Gasteiger partial charge in [-0.3, -0.25) is 0 Å². The van der Waals surface area contributed by atoms with Crippen molar-refractivity contribution in [2.24, 2.45) is 5.92 Å². The lowest BCUT2D eigenvalue weighted by atomic mass is 9.90. The van der Waals surface area contributed by atoms with Gasteiger partial charge in [-0.15, -0.1) is 0 Å². The summed E-state index contributed by atoms with van der Waals surface area (Å²) in [4.78, 5) is 0. The Morgan fingerprint density at radius 3 is 3.00 bits per heavy atom. The maximum Gasteiger partial charge on any atom is 0.0845 e. The Labute approximate surface area is 61.5 Å². The number of epoxide rings is 1. The Kier molecular flexibility index (Phi) is 1.66. The van der Waals surface area contributed by atoms with Crippen molar-refractivity contribution in [1.29, 1.82) is 0 Å². The van der Waals surface area contributed by atoms with Crippen LogP contribution in [0.1, 0.15) is 19.3 Å². The maximum atomic E-state index is 5.40. The molecule has 1 saturated heterocycles. The van der Waals surface area contributed by atoms with Gasteiger partial charge < -0.3 is 9.47 Å². The monoisotopic (exact) mass is 142 g/mol. The first-order chi connectivity index (χ1) is 4.90. The van der Waals surface area contributed by atoms with Gasteiger partial charge in [0.25, 0.3) is 0 Å². The lowest BCUT2D eigenvalue weighted by molar-refractivity contribution is 0.136. The highest BCUT2D eigenvalue weighted by molar-refractivity contribution is 4.91. The van der Waals surface area contributed by atoms with Gasteiger partial charge in [0.05, 0.1) is 12.2 Å². The van der Waals surface area contributed by atoms with Gasteiger partial charge in [-0.05, 0) is 25.2 Å². The van der Waals surface area contributed by atoms with E-state index >= 15 is 0 Å². The lowest BCUT2D eigenvalue weighted by Crippen LogP contribution is -2.17. The molecule has 1 aliphatic carbocycles. The van der Waals surface area contributed by atoms with Crippen LogP contribution in [0.25, 0.3) is 0 Å². The largest absolute Gasteiger partial charge is 0.384 e. The van der Waals surface area contributed by atoms with E-state index in [1.165, 1.54) is 19.3 Å². The Hall–Kier alpha value is -0.0800. The van der Waals surface area contributed by atoms with Crippen molar-refractivity contribution >= 4 is 0 Å². The molecule has 0 N–H and O–H groups in total. The Morgan fingerprint density at radius 1 is 1.40 bits per heavy atom. The van der Waals surface area contributed by atoms with E-state index in [9.17, 15) is 0 Å². The molecular weight excluding hydrogens is 128 g/mol. The molecule has 0 amide bonds. The van der Waals surface area contributed by atoms with Crippen molar-refractivity contribution in [2.75, 3.05) is 13.7 Å². The number of fused-ring (bicyclic) bond motifs is 1. The molecule has 10 heavy (non-hydrogen) atoms. The van der Waals surface area contributed by atoms with E-state index in [4.69, 9.17) is 9.47 Å². The quantitative estimate of drug-likeness (QED) is 0.540. The molecule has 58 valence electrons. The second kappa shape index (κ2) is 2.51. The van der Waals surface area contributed by atoms with Crippen molar-refractivity contribution in [1.82, 2.24) is 0 Å². The Morgan fingerprint density at radius 2 is 2.30 bits per heavy atom. The molecule has 0 aromatic rings. The molecule has 2 nitrogen and oxygen atoms in total. The number of hydrogen-bond acceptors (Lipinski definition) is 2. The van der Waals surface area contributed by atoms with Gasteiger partial charge in [0.2, 0.25) is 0 Å². The summed E-state index contributed by atoms with van der Waals surface area (Å²) in [7, 11) is 1.78. The summed E-state index contributed by atoms with van der Waals surface area (Å²) in [5.74, 6) is 0.772. The Balaban J connectivity index is 1.77. The molecule has 2 aliphatic rings. The fourth-order valence-electron chi connectivity index (χ4n) is 1.87. The van der Waals surface area contributed by atoms with Gasteiger partial charge in [-0.25, -0.2) is 0 Å². The average Bonchev–Trinajstić information content (AvgIpc) is 2.66. The fraction of sp³-hybridized carbons (Fsp3) is 1.00. The highest BCUT2D eigenvalue weighted by atomic mass is 16.6. The van der Waals surface area contributed by atoms with Crippen molar-refractivity contribution < 1.29 is 9.47 Å². The van der Waals surface area contributed by atoms with Gasteiger partial charge in [-0.1, -0.05) is 0 Å². The molecule has 2 rings (SSSR count). The van der Waals surface area contributed by atoms with Crippen LogP contribution in [0.4, 0.5) is 0 Å². The van der Waals surface area contributed by atoms with E-state index in [1.54, 1.807) is 7.11 Å². The number of ether oxygens (including phenoxy) is 2. The smallest absolute Gasteiger partial charge is 0.0845 e. The first kappa shape index (κ1) is 6.62. The number of hydrogen-bond donors (Lipinski definition) is 0. The molecule has 0 radical (unpaired) electrons. The van der Waals surface area contributed by atoms with Gasteiger partial charge in [-0.2, -0.15) is 0 Å². The first-order valence-electron chi connectivity index (χ1n) is 4.04. The van der Waals surface area contributed by atoms with Crippen LogP contribution >= 0.6 is 0 Å². The molecule has 0 bridgehead atoms. The summed E-state index contributed by atoms with van der Waals surface area (Å²) in [5, 5.41) is 0. The third-order valence-corrected chi connectivity index (χ3v) is 2.52. The number of rotatable bonds is 2. The van der Waals surface area contributed by atoms with Crippen LogP contribution in [0.3, 0.4) is 0 Å². The summed E-state index contributed by atoms with van der Waals surface area (Å²) in [6.07, 6.45) is 5.04. The van der Waals surface area contributed by atoms with Crippen LogP contribution < -0.4 is 0 Å². The number of methoxy groups -OCH3 is 1. The normalized spacial score (nSPS) is 44.7. The highest BCUT2D eigenvalue weighted by Crippen LogP contribution is 2.39. The van der Waals surface area contributed by atoms with Crippen LogP contribution in [0.2, 0.25) is 0 Å². The minimum absolute atomic E-state index is 0.605. The molecule has 0 aromatic carbocycles. The molecule has 1 heterocycles. The molecule has 2 unspecified atom stereocenters. The second-order valence-electron chi connectivity index (χ2n) is 3.35. The van der Waals surface area contributed by atoms with Crippen LogP contribution in [0.5, 0.6) is 0 Å². The molecule has 2 fully saturated rings. The minimum atomic E-state index is 0.605. The summed E-state index contributed by atoms with van der Waals surface area (Å²) < 4.78 is 10.5. The van der Waals surface area contributed by atoms with E-state index in [1.807, 2.05) is 0 Å². The van der Waals surface area contributed by atoms with Gasteiger partial charge in [0, 0.05) is 13.7 Å². The zero-order chi connectivity index (χ0) is 6.97. The summed E-state index contributed by atoms with van der Waals surface area (Å²) in [6, 6.07) is 0. The van der Waals surface area contributed by atoms with Crippen molar-refractivity contribution in [3.8, 4) is 0 Å². The van der Waals surface area contributed by atoms with Gasteiger partial charge >= 0.3 is 0 Å². The van der Waals surface area contributed by atoms with E-state index in [-0.39, 0.29) is 0 Å². The third-order valence-electron chi connectivity index (χ3n) is 2.52. The molecular formula is C8H14O2. The molecule has 2 heteroatoms. The highest BCUT2D eigenvalue weighted by Gasteiger charge is 2.43. The average molecular weight is 142 g/mol. The summed E-state index contributed by atoms with van der Waals surface area (Å²) >= 11 is 0. The molecule has 1 aliphatic heterocycles. The first-order valence-corrected chi connectivity index (χ1v) is 4.04. The fourth-order valence-corrected chi connectivity index (χ4v) is 1.87. The van der Waals surface area contributed by atoms with Crippen molar-refractivity contribution in [2.45, 2.75) is 31.5 Å². The van der Waals surface area contributed by atoms with Gasteiger partial charge in [0.15, 0.2) is 0 Å².